The molecule has 1 unspecified atom stereocenters. The first kappa shape index (κ1) is 14.7. The van der Waals surface area contributed by atoms with Crippen molar-refractivity contribution in [3.8, 4) is 10.6 Å². The molecule has 1 heterocycles. The first-order chi connectivity index (χ1) is 10.2. The van der Waals surface area contributed by atoms with Crippen LogP contribution in [0.3, 0.4) is 0 Å². The predicted molar refractivity (Wildman–Crippen MR) is 85.8 cm³/mol. The average Bonchev–Trinajstić information content (AvgIpc) is 3.17. The van der Waals surface area contributed by atoms with Crippen LogP contribution in [0.4, 0.5) is 4.39 Å². The van der Waals surface area contributed by atoms with Crippen molar-refractivity contribution in [2.45, 2.75) is 45.2 Å². The summed E-state index contributed by atoms with van der Waals surface area (Å²) >= 11 is 1.62. The SMILES string of the molecule is CC(NCc1csc(-c2ccc(F)cc2)n1)C1CCCC1. The summed E-state index contributed by atoms with van der Waals surface area (Å²) in [5, 5.41) is 6.65. The van der Waals surface area contributed by atoms with E-state index in [4.69, 9.17) is 0 Å². The molecule has 3 rings (SSSR count). The summed E-state index contributed by atoms with van der Waals surface area (Å²) in [7, 11) is 0. The topological polar surface area (TPSA) is 24.9 Å². The molecular formula is C17H21FN2S. The van der Waals surface area contributed by atoms with E-state index in [0.717, 1.165) is 28.7 Å². The molecule has 1 aromatic heterocycles. The van der Waals surface area contributed by atoms with E-state index in [2.05, 4.69) is 22.6 Å². The number of thiazole rings is 1. The maximum absolute atomic E-state index is 12.9. The zero-order chi connectivity index (χ0) is 14.7. The van der Waals surface area contributed by atoms with Gasteiger partial charge in [0, 0.05) is 23.5 Å². The quantitative estimate of drug-likeness (QED) is 0.872. The standard InChI is InChI=1S/C17H21FN2S/c1-12(13-4-2-3-5-13)19-10-16-11-21-17(20-16)14-6-8-15(18)9-7-14/h6-9,11-13,19H,2-5,10H2,1H3. The van der Waals surface area contributed by atoms with Gasteiger partial charge in [-0.05, 0) is 49.9 Å². The molecule has 1 fully saturated rings. The Hall–Kier alpha value is -1.26. The molecule has 0 aliphatic heterocycles. The van der Waals surface area contributed by atoms with E-state index in [1.807, 2.05) is 0 Å². The minimum absolute atomic E-state index is 0.206. The smallest absolute Gasteiger partial charge is 0.123 e. The molecule has 1 aliphatic rings. The molecule has 21 heavy (non-hydrogen) atoms. The fourth-order valence-corrected chi connectivity index (χ4v) is 3.83. The van der Waals surface area contributed by atoms with Crippen LogP contribution >= 0.6 is 11.3 Å². The normalized spacial score (nSPS) is 17.2. The van der Waals surface area contributed by atoms with Crippen molar-refractivity contribution < 1.29 is 4.39 Å². The van der Waals surface area contributed by atoms with Gasteiger partial charge in [-0.2, -0.15) is 0 Å². The number of halogens is 1. The molecule has 1 aliphatic carbocycles. The van der Waals surface area contributed by atoms with Gasteiger partial charge in [0.05, 0.1) is 5.69 Å². The summed E-state index contributed by atoms with van der Waals surface area (Å²) in [6.45, 7) is 3.10. The van der Waals surface area contributed by atoms with Gasteiger partial charge in [-0.1, -0.05) is 12.8 Å². The molecule has 2 aromatic rings. The third kappa shape index (κ3) is 3.69. The van der Waals surface area contributed by atoms with Crippen molar-refractivity contribution in [1.29, 1.82) is 0 Å². The fourth-order valence-electron chi connectivity index (χ4n) is 3.00. The van der Waals surface area contributed by atoms with Crippen LogP contribution < -0.4 is 5.32 Å². The maximum Gasteiger partial charge on any atom is 0.123 e. The lowest BCUT2D eigenvalue weighted by Gasteiger charge is -2.19. The van der Waals surface area contributed by atoms with Crippen LogP contribution in [-0.2, 0) is 6.54 Å². The van der Waals surface area contributed by atoms with Gasteiger partial charge >= 0.3 is 0 Å². The lowest BCUT2D eigenvalue weighted by molar-refractivity contribution is 0.379. The molecule has 2 nitrogen and oxygen atoms in total. The highest BCUT2D eigenvalue weighted by Gasteiger charge is 2.21. The van der Waals surface area contributed by atoms with E-state index < -0.39 is 0 Å². The highest BCUT2D eigenvalue weighted by atomic mass is 32.1. The van der Waals surface area contributed by atoms with E-state index in [9.17, 15) is 4.39 Å². The lowest BCUT2D eigenvalue weighted by Crippen LogP contribution is -2.31. The van der Waals surface area contributed by atoms with Gasteiger partial charge in [0.1, 0.15) is 10.8 Å². The van der Waals surface area contributed by atoms with Crippen LogP contribution in [0.25, 0.3) is 10.6 Å². The van der Waals surface area contributed by atoms with E-state index in [1.165, 1.54) is 37.8 Å². The molecule has 112 valence electrons. The van der Waals surface area contributed by atoms with Gasteiger partial charge in [0.15, 0.2) is 0 Å². The molecular weight excluding hydrogens is 283 g/mol. The third-order valence-corrected chi connectivity index (χ3v) is 5.30. The van der Waals surface area contributed by atoms with Gasteiger partial charge in [-0.15, -0.1) is 11.3 Å². The predicted octanol–water partition coefficient (Wildman–Crippen LogP) is 4.62. The van der Waals surface area contributed by atoms with E-state index >= 15 is 0 Å². The minimum atomic E-state index is -0.206. The summed E-state index contributed by atoms with van der Waals surface area (Å²) < 4.78 is 12.9. The molecule has 1 N–H and O–H groups in total. The van der Waals surface area contributed by atoms with Gasteiger partial charge in [-0.3, -0.25) is 0 Å². The second-order valence-corrected chi connectivity index (χ2v) is 6.72. The van der Waals surface area contributed by atoms with Gasteiger partial charge in [0.25, 0.3) is 0 Å². The zero-order valence-electron chi connectivity index (χ0n) is 12.3. The van der Waals surface area contributed by atoms with Crippen LogP contribution in [0.1, 0.15) is 38.3 Å². The molecule has 0 bridgehead atoms. The van der Waals surface area contributed by atoms with Gasteiger partial charge in [0.2, 0.25) is 0 Å². The molecule has 1 saturated carbocycles. The number of hydrogen-bond donors (Lipinski definition) is 1. The second kappa shape index (κ2) is 6.67. The van der Waals surface area contributed by atoms with E-state index in [1.54, 1.807) is 23.5 Å². The Morgan fingerprint density at radius 1 is 1.29 bits per heavy atom. The summed E-state index contributed by atoms with van der Waals surface area (Å²) in [6, 6.07) is 7.09. The molecule has 1 atom stereocenters. The average molecular weight is 304 g/mol. The second-order valence-electron chi connectivity index (χ2n) is 5.87. The van der Waals surface area contributed by atoms with Crippen molar-refractivity contribution in [3.05, 3.63) is 41.2 Å². The van der Waals surface area contributed by atoms with Crippen LogP contribution in [0, 0.1) is 11.7 Å². The Labute approximate surface area is 129 Å². The molecule has 0 saturated heterocycles. The van der Waals surface area contributed by atoms with Crippen molar-refractivity contribution >= 4 is 11.3 Å². The summed E-state index contributed by atoms with van der Waals surface area (Å²) in [5.41, 5.74) is 2.06. The fraction of sp³-hybridized carbons (Fsp3) is 0.471. The van der Waals surface area contributed by atoms with Crippen molar-refractivity contribution in [2.24, 2.45) is 5.92 Å². The first-order valence-corrected chi connectivity index (χ1v) is 8.54. The van der Waals surface area contributed by atoms with E-state index in [-0.39, 0.29) is 5.82 Å². The summed E-state index contributed by atoms with van der Waals surface area (Å²) in [6.07, 6.45) is 5.46. The van der Waals surface area contributed by atoms with Crippen LogP contribution in [0.2, 0.25) is 0 Å². The third-order valence-electron chi connectivity index (χ3n) is 4.36. The summed E-state index contributed by atoms with van der Waals surface area (Å²) in [4.78, 5) is 4.64. The van der Waals surface area contributed by atoms with Crippen molar-refractivity contribution in [1.82, 2.24) is 10.3 Å². The van der Waals surface area contributed by atoms with E-state index in [0.29, 0.717) is 6.04 Å². The zero-order valence-corrected chi connectivity index (χ0v) is 13.1. The molecule has 0 radical (unpaired) electrons. The molecule has 0 amide bonds. The van der Waals surface area contributed by atoms with Crippen molar-refractivity contribution in [3.63, 3.8) is 0 Å². The number of nitrogens with one attached hydrogen (secondary N) is 1. The van der Waals surface area contributed by atoms with Gasteiger partial charge < -0.3 is 5.32 Å². The minimum Gasteiger partial charge on any atom is -0.308 e. The van der Waals surface area contributed by atoms with Crippen LogP contribution in [-0.4, -0.2) is 11.0 Å². The Balaban J connectivity index is 1.58. The van der Waals surface area contributed by atoms with Crippen LogP contribution in [0.5, 0.6) is 0 Å². The molecule has 4 heteroatoms. The molecule has 0 spiro atoms. The molecule has 1 aromatic carbocycles. The first-order valence-electron chi connectivity index (χ1n) is 7.66. The number of nitrogens with zero attached hydrogens (tertiary/aromatic N) is 1. The largest absolute Gasteiger partial charge is 0.308 e. The van der Waals surface area contributed by atoms with Gasteiger partial charge in [-0.25, -0.2) is 9.37 Å². The Morgan fingerprint density at radius 2 is 2.00 bits per heavy atom. The Bertz CT molecular complexity index is 573. The lowest BCUT2D eigenvalue weighted by atomic mass is 10.00. The summed E-state index contributed by atoms with van der Waals surface area (Å²) in [5.74, 6) is 0.614. The van der Waals surface area contributed by atoms with Crippen LogP contribution in [0.15, 0.2) is 29.6 Å². The number of hydrogen-bond acceptors (Lipinski definition) is 3. The number of rotatable bonds is 5. The monoisotopic (exact) mass is 304 g/mol. The number of aromatic nitrogens is 1. The maximum atomic E-state index is 12.9. The highest BCUT2D eigenvalue weighted by molar-refractivity contribution is 7.13. The Morgan fingerprint density at radius 3 is 2.71 bits per heavy atom. The highest BCUT2D eigenvalue weighted by Crippen LogP contribution is 2.28. The van der Waals surface area contributed by atoms with Crippen molar-refractivity contribution in [2.75, 3.05) is 0 Å². The Kier molecular flexibility index (Phi) is 4.66. The number of benzene rings is 1.